The van der Waals surface area contributed by atoms with Gasteiger partial charge in [-0.3, -0.25) is 9.59 Å². The Morgan fingerprint density at radius 1 is 1.50 bits per heavy atom. The summed E-state index contributed by atoms with van der Waals surface area (Å²) in [5.74, 6) is -2.66. The molecular formula is C11H17N3O5S. The fourth-order valence-corrected chi connectivity index (χ4v) is 2.99. The Labute approximate surface area is 116 Å². The molecule has 8 nitrogen and oxygen atoms in total. The van der Waals surface area contributed by atoms with Crippen molar-refractivity contribution in [3.63, 3.8) is 0 Å². The average molecular weight is 303 g/mol. The van der Waals surface area contributed by atoms with Crippen molar-refractivity contribution in [1.29, 1.82) is 0 Å². The van der Waals surface area contributed by atoms with Crippen molar-refractivity contribution >= 4 is 21.9 Å². The van der Waals surface area contributed by atoms with E-state index in [0.717, 1.165) is 4.31 Å². The summed E-state index contributed by atoms with van der Waals surface area (Å²) in [6.07, 6.45) is 1.26. The summed E-state index contributed by atoms with van der Waals surface area (Å²) in [6, 6.07) is 1.17. The van der Waals surface area contributed by atoms with Gasteiger partial charge < -0.3 is 15.4 Å². The Bertz CT molecular complexity index is 634. The third kappa shape index (κ3) is 3.17. The number of hydrogen-bond acceptors (Lipinski definition) is 4. The second-order valence-electron chi connectivity index (χ2n) is 4.56. The van der Waals surface area contributed by atoms with E-state index >= 15 is 0 Å². The number of carbonyl (C=O) groups is 2. The molecule has 1 amide bonds. The molecule has 0 aliphatic rings. The third-order valence-corrected chi connectivity index (χ3v) is 4.68. The van der Waals surface area contributed by atoms with Crippen molar-refractivity contribution < 1.29 is 23.1 Å². The molecule has 1 unspecified atom stereocenters. The van der Waals surface area contributed by atoms with E-state index < -0.39 is 27.8 Å². The quantitative estimate of drug-likeness (QED) is 0.731. The van der Waals surface area contributed by atoms with Crippen LogP contribution in [0.25, 0.3) is 0 Å². The maximum Gasteiger partial charge on any atom is 0.307 e. The number of hydrogen-bond donors (Lipinski definition) is 2. The number of nitrogens with zero attached hydrogens (tertiary/aromatic N) is 2. The number of carbonyl (C=O) groups excluding carboxylic acids is 1. The van der Waals surface area contributed by atoms with Crippen molar-refractivity contribution in [3.8, 4) is 0 Å². The van der Waals surface area contributed by atoms with Crippen LogP contribution in [0.3, 0.4) is 0 Å². The first-order valence-corrected chi connectivity index (χ1v) is 7.16. The van der Waals surface area contributed by atoms with Gasteiger partial charge in [0.25, 0.3) is 5.91 Å². The highest BCUT2D eigenvalue weighted by atomic mass is 32.2. The van der Waals surface area contributed by atoms with Gasteiger partial charge in [0.1, 0.15) is 10.6 Å². The molecule has 1 aromatic rings. The van der Waals surface area contributed by atoms with Gasteiger partial charge in [-0.1, -0.05) is 6.92 Å². The van der Waals surface area contributed by atoms with Crippen LogP contribution in [0.1, 0.15) is 17.4 Å². The molecule has 0 fully saturated rings. The summed E-state index contributed by atoms with van der Waals surface area (Å²) in [6.45, 7) is 1.24. The van der Waals surface area contributed by atoms with Crippen molar-refractivity contribution in [3.05, 3.63) is 18.0 Å². The number of aryl methyl sites for hydroxylation is 1. The Morgan fingerprint density at radius 3 is 2.45 bits per heavy atom. The van der Waals surface area contributed by atoms with Crippen LogP contribution in [0.15, 0.2) is 17.2 Å². The van der Waals surface area contributed by atoms with Gasteiger partial charge in [-0.15, -0.1) is 0 Å². The lowest BCUT2D eigenvalue weighted by Crippen LogP contribution is -2.33. The molecule has 0 radical (unpaired) electrons. The number of rotatable bonds is 6. The lowest BCUT2D eigenvalue weighted by atomic mass is 10.2. The van der Waals surface area contributed by atoms with E-state index in [1.165, 1.54) is 37.8 Å². The highest BCUT2D eigenvalue weighted by Gasteiger charge is 2.27. The van der Waals surface area contributed by atoms with Crippen molar-refractivity contribution in [1.82, 2.24) is 8.87 Å². The number of carboxylic acid groups (broad SMARTS) is 1. The monoisotopic (exact) mass is 303 g/mol. The van der Waals surface area contributed by atoms with Crippen LogP contribution in [0, 0.1) is 5.92 Å². The van der Waals surface area contributed by atoms with Gasteiger partial charge in [0, 0.05) is 26.8 Å². The van der Waals surface area contributed by atoms with E-state index in [0.29, 0.717) is 0 Å². The molecule has 0 spiro atoms. The van der Waals surface area contributed by atoms with E-state index in [4.69, 9.17) is 10.8 Å². The number of carboxylic acids is 1. The molecule has 1 aromatic heterocycles. The lowest BCUT2D eigenvalue weighted by Gasteiger charge is -2.18. The maximum absolute atomic E-state index is 12.2. The number of sulfonamides is 1. The molecule has 0 aliphatic carbocycles. The maximum atomic E-state index is 12.2. The van der Waals surface area contributed by atoms with E-state index in [9.17, 15) is 18.0 Å². The molecule has 1 rings (SSSR count). The smallest absolute Gasteiger partial charge is 0.307 e. The minimum absolute atomic E-state index is 0.0586. The minimum atomic E-state index is -3.86. The van der Waals surface area contributed by atoms with E-state index in [1.54, 1.807) is 0 Å². The number of amides is 1. The summed E-state index contributed by atoms with van der Waals surface area (Å²) in [4.78, 5) is 21.8. The average Bonchev–Trinajstić information content (AvgIpc) is 2.71. The van der Waals surface area contributed by atoms with E-state index in [-0.39, 0.29) is 17.1 Å². The van der Waals surface area contributed by atoms with Crippen LogP contribution in [0.2, 0.25) is 0 Å². The predicted octanol–water partition coefficient (Wildman–Crippen LogP) is -0.535. The van der Waals surface area contributed by atoms with Gasteiger partial charge >= 0.3 is 5.97 Å². The fourth-order valence-electron chi connectivity index (χ4n) is 1.66. The van der Waals surface area contributed by atoms with Crippen LogP contribution in [-0.2, 0) is 21.9 Å². The minimum Gasteiger partial charge on any atom is -0.481 e. The van der Waals surface area contributed by atoms with Gasteiger partial charge in [0.2, 0.25) is 10.0 Å². The van der Waals surface area contributed by atoms with E-state index in [2.05, 4.69) is 0 Å². The van der Waals surface area contributed by atoms with Crippen LogP contribution in [0.5, 0.6) is 0 Å². The Morgan fingerprint density at radius 2 is 2.05 bits per heavy atom. The summed E-state index contributed by atoms with van der Waals surface area (Å²) >= 11 is 0. The first kappa shape index (κ1) is 16.2. The van der Waals surface area contributed by atoms with Crippen molar-refractivity contribution in [2.75, 3.05) is 13.6 Å². The summed E-state index contributed by atoms with van der Waals surface area (Å²) in [5.41, 5.74) is 5.18. The van der Waals surface area contributed by atoms with Crippen LogP contribution in [-0.4, -0.2) is 47.9 Å². The molecule has 0 aliphatic heterocycles. The Balaban J connectivity index is 3.07. The number of aromatic nitrogens is 1. The zero-order chi connectivity index (χ0) is 15.7. The molecule has 1 heterocycles. The van der Waals surface area contributed by atoms with Crippen molar-refractivity contribution in [2.24, 2.45) is 18.7 Å². The number of aliphatic carboxylic acids is 1. The predicted molar refractivity (Wildman–Crippen MR) is 70.5 cm³/mol. The number of nitrogens with two attached hydrogens (primary N) is 1. The normalized spacial score (nSPS) is 13.4. The zero-order valence-corrected chi connectivity index (χ0v) is 12.2. The summed E-state index contributed by atoms with van der Waals surface area (Å²) in [7, 11) is -1.08. The van der Waals surface area contributed by atoms with Gasteiger partial charge in [-0.05, 0) is 6.07 Å². The molecule has 0 saturated carbocycles. The molecule has 0 aromatic carbocycles. The Hall–Kier alpha value is -1.87. The van der Waals surface area contributed by atoms with Crippen LogP contribution >= 0.6 is 0 Å². The van der Waals surface area contributed by atoms with Gasteiger partial charge in [-0.2, -0.15) is 0 Å². The standard InChI is InChI=1S/C11H17N3O5S/c1-7(11(16)17)5-14(3)20(18,19)8-4-9(10(12)15)13(2)6-8/h4,6-7H,5H2,1-3H3,(H2,12,15)(H,16,17). The first-order valence-electron chi connectivity index (χ1n) is 5.72. The van der Waals surface area contributed by atoms with Gasteiger partial charge in [0.05, 0.1) is 5.92 Å². The fraction of sp³-hybridized carbons (Fsp3) is 0.455. The van der Waals surface area contributed by atoms with Crippen LogP contribution in [0.4, 0.5) is 0 Å². The summed E-state index contributed by atoms with van der Waals surface area (Å²) in [5, 5.41) is 8.80. The molecular weight excluding hydrogens is 286 g/mol. The lowest BCUT2D eigenvalue weighted by molar-refractivity contribution is -0.141. The molecule has 0 bridgehead atoms. The molecule has 20 heavy (non-hydrogen) atoms. The molecule has 3 N–H and O–H groups in total. The molecule has 9 heteroatoms. The van der Waals surface area contributed by atoms with Gasteiger partial charge in [0.15, 0.2) is 0 Å². The first-order chi connectivity index (χ1) is 9.07. The van der Waals surface area contributed by atoms with Crippen LogP contribution < -0.4 is 5.73 Å². The van der Waals surface area contributed by atoms with Gasteiger partial charge in [-0.25, -0.2) is 12.7 Å². The second kappa shape index (κ2) is 5.63. The number of primary amides is 1. The SMILES string of the molecule is CC(CN(C)S(=O)(=O)c1cc(C(N)=O)n(C)c1)C(=O)O. The third-order valence-electron chi connectivity index (χ3n) is 2.89. The Kier molecular flexibility index (Phi) is 4.56. The molecule has 112 valence electrons. The molecule has 1 atom stereocenters. The molecule has 0 saturated heterocycles. The van der Waals surface area contributed by atoms with Crippen molar-refractivity contribution in [2.45, 2.75) is 11.8 Å². The topological polar surface area (TPSA) is 123 Å². The van der Waals surface area contributed by atoms with E-state index in [1.807, 2.05) is 0 Å². The largest absolute Gasteiger partial charge is 0.481 e. The summed E-state index contributed by atoms with van der Waals surface area (Å²) < 4.78 is 26.7. The zero-order valence-electron chi connectivity index (χ0n) is 11.4. The second-order valence-corrected chi connectivity index (χ2v) is 6.61. The highest BCUT2D eigenvalue weighted by molar-refractivity contribution is 7.89. The highest BCUT2D eigenvalue weighted by Crippen LogP contribution is 2.18.